The average molecular weight is 265 g/mol. The van der Waals surface area contributed by atoms with Crippen LogP contribution in [0.5, 0.6) is 11.5 Å². The molecule has 1 aromatic heterocycles. The largest absolute Gasteiger partial charge is 0.497 e. The molecule has 0 saturated carbocycles. The highest BCUT2D eigenvalue weighted by Crippen LogP contribution is 2.32. The first kappa shape index (κ1) is 12.6. The van der Waals surface area contributed by atoms with Gasteiger partial charge in [0.05, 0.1) is 19.9 Å². The van der Waals surface area contributed by atoms with Crippen molar-refractivity contribution >= 4 is 11.6 Å². The van der Waals surface area contributed by atoms with Crippen LogP contribution in [0.2, 0.25) is 5.28 Å². The lowest BCUT2D eigenvalue weighted by Crippen LogP contribution is -1.94. The number of nitrogens with zero attached hydrogens (tertiary/aromatic N) is 2. The summed E-state index contributed by atoms with van der Waals surface area (Å²) in [5, 5.41) is 0.225. The Kier molecular flexibility index (Phi) is 3.67. The lowest BCUT2D eigenvalue weighted by molar-refractivity contribution is 0.395. The molecule has 2 aromatic rings. The molecule has 0 saturated heterocycles. The van der Waals surface area contributed by atoms with Crippen LogP contribution in [0.15, 0.2) is 24.3 Å². The van der Waals surface area contributed by atoms with Crippen LogP contribution in [0.1, 0.15) is 5.69 Å². The third-order valence-electron chi connectivity index (χ3n) is 2.51. The molecule has 0 radical (unpaired) electrons. The van der Waals surface area contributed by atoms with Crippen molar-refractivity contribution in [3.8, 4) is 22.8 Å². The number of rotatable bonds is 3. The molecule has 0 N–H and O–H groups in total. The molecule has 2 rings (SSSR count). The molecule has 0 atom stereocenters. The molecule has 0 aliphatic carbocycles. The minimum atomic E-state index is 0.225. The standard InChI is InChI=1S/C13H13ClN2O2/c1-8-6-11(16-13(14)15-8)10-5-4-9(17-2)7-12(10)18-3/h4-7H,1-3H3. The van der Waals surface area contributed by atoms with Crippen LogP contribution < -0.4 is 9.47 Å². The predicted octanol–water partition coefficient (Wildman–Crippen LogP) is 3.12. The monoisotopic (exact) mass is 264 g/mol. The second-order valence-electron chi connectivity index (χ2n) is 3.73. The Morgan fingerprint density at radius 3 is 2.44 bits per heavy atom. The molecule has 1 aromatic carbocycles. The van der Waals surface area contributed by atoms with Crippen LogP contribution in [-0.4, -0.2) is 24.2 Å². The van der Waals surface area contributed by atoms with Gasteiger partial charge < -0.3 is 9.47 Å². The van der Waals surface area contributed by atoms with Gasteiger partial charge >= 0.3 is 0 Å². The zero-order valence-corrected chi connectivity index (χ0v) is 11.2. The van der Waals surface area contributed by atoms with Gasteiger partial charge in [0.1, 0.15) is 11.5 Å². The summed E-state index contributed by atoms with van der Waals surface area (Å²) < 4.78 is 10.5. The Balaban J connectivity index is 2.55. The minimum absolute atomic E-state index is 0.225. The number of methoxy groups -OCH3 is 2. The maximum Gasteiger partial charge on any atom is 0.223 e. The zero-order valence-electron chi connectivity index (χ0n) is 10.4. The van der Waals surface area contributed by atoms with Crippen molar-refractivity contribution < 1.29 is 9.47 Å². The summed E-state index contributed by atoms with van der Waals surface area (Å²) in [4.78, 5) is 8.24. The number of hydrogen-bond acceptors (Lipinski definition) is 4. The molecule has 0 aliphatic rings. The molecule has 5 heteroatoms. The van der Waals surface area contributed by atoms with Crippen LogP contribution in [0.25, 0.3) is 11.3 Å². The molecule has 1 heterocycles. The fraction of sp³-hybridized carbons (Fsp3) is 0.231. The van der Waals surface area contributed by atoms with Crippen molar-refractivity contribution in [3.63, 3.8) is 0 Å². The van der Waals surface area contributed by atoms with Crippen molar-refractivity contribution in [2.45, 2.75) is 6.92 Å². The molecular weight excluding hydrogens is 252 g/mol. The van der Waals surface area contributed by atoms with Crippen LogP contribution in [-0.2, 0) is 0 Å². The fourth-order valence-electron chi connectivity index (χ4n) is 1.68. The smallest absolute Gasteiger partial charge is 0.223 e. The van der Waals surface area contributed by atoms with Crippen LogP contribution in [0.3, 0.4) is 0 Å². The summed E-state index contributed by atoms with van der Waals surface area (Å²) in [5.41, 5.74) is 2.39. The third kappa shape index (κ3) is 2.54. The van der Waals surface area contributed by atoms with Crippen molar-refractivity contribution in [2.24, 2.45) is 0 Å². The molecule has 0 unspecified atom stereocenters. The Bertz CT molecular complexity index is 553. The van der Waals surface area contributed by atoms with Gasteiger partial charge in [-0.15, -0.1) is 0 Å². The fourth-order valence-corrected chi connectivity index (χ4v) is 1.90. The number of halogens is 1. The van der Waals surface area contributed by atoms with Crippen molar-refractivity contribution in [3.05, 3.63) is 35.2 Å². The summed E-state index contributed by atoms with van der Waals surface area (Å²) in [5.74, 6) is 1.41. The summed E-state index contributed by atoms with van der Waals surface area (Å²) >= 11 is 5.87. The van der Waals surface area contributed by atoms with Crippen molar-refractivity contribution in [2.75, 3.05) is 14.2 Å². The van der Waals surface area contributed by atoms with Gasteiger partial charge in [0.15, 0.2) is 0 Å². The van der Waals surface area contributed by atoms with E-state index in [1.807, 2.05) is 25.1 Å². The Morgan fingerprint density at radius 2 is 1.83 bits per heavy atom. The van der Waals surface area contributed by atoms with Gasteiger partial charge in [-0.3, -0.25) is 0 Å². The van der Waals surface area contributed by atoms with E-state index in [0.29, 0.717) is 5.75 Å². The van der Waals surface area contributed by atoms with Gasteiger partial charge in [-0.05, 0) is 36.7 Å². The highest BCUT2D eigenvalue weighted by Gasteiger charge is 2.10. The minimum Gasteiger partial charge on any atom is -0.497 e. The van der Waals surface area contributed by atoms with E-state index >= 15 is 0 Å². The molecule has 0 spiro atoms. The Hall–Kier alpha value is -1.81. The van der Waals surface area contributed by atoms with Crippen molar-refractivity contribution in [1.29, 1.82) is 0 Å². The van der Waals surface area contributed by atoms with E-state index in [9.17, 15) is 0 Å². The number of aryl methyl sites for hydroxylation is 1. The Morgan fingerprint density at radius 1 is 1.06 bits per heavy atom. The molecular formula is C13H13ClN2O2. The second kappa shape index (κ2) is 5.23. The first-order valence-electron chi connectivity index (χ1n) is 5.37. The van der Waals surface area contributed by atoms with E-state index in [1.165, 1.54) is 0 Å². The maximum absolute atomic E-state index is 5.87. The number of aromatic nitrogens is 2. The average Bonchev–Trinajstić information content (AvgIpc) is 2.36. The van der Waals surface area contributed by atoms with Crippen LogP contribution in [0, 0.1) is 6.92 Å². The number of ether oxygens (including phenoxy) is 2. The number of benzene rings is 1. The van der Waals surface area contributed by atoms with Gasteiger partial charge in [0.25, 0.3) is 0 Å². The van der Waals surface area contributed by atoms with E-state index in [2.05, 4.69) is 9.97 Å². The molecule has 18 heavy (non-hydrogen) atoms. The van der Waals surface area contributed by atoms with E-state index in [-0.39, 0.29) is 5.28 Å². The normalized spacial score (nSPS) is 10.2. The molecule has 4 nitrogen and oxygen atoms in total. The van der Waals surface area contributed by atoms with E-state index < -0.39 is 0 Å². The SMILES string of the molecule is COc1ccc(-c2cc(C)nc(Cl)n2)c(OC)c1. The lowest BCUT2D eigenvalue weighted by Gasteiger charge is -2.10. The highest BCUT2D eigenvalue weighted by molar-refractivity contribution is 6.28. The first-order valence-corrected chi connectivity index (χ1v) is 5.75. The van der Waals surface area contributed by atoms with Gasteiger partial charge in [-0.25, -0.2) is 9.97 Å². The van der Waals surface area contributed by atoms with Crippen LogP contribution >= 0.6 is 11.6 Å². The van der Waals surface area contributed by atoms with Gasteiger partial charge in [-0.2, -0.15) is 0 Å². The highest BCUT2D eigenvalue weighted by atomic mass is 35.5. The first-order chi connectivity index (χ1) is 8.63. The van der Waals surface area contributed by atoms with Gasteiger partial charge in [0.2, 0.25) is 5.28 Å². The summed E-state index contributed by atoms with van der Waals surface area (Å²) in [6, 6.07) is 7.40. The molecule has 0 aliphatic heterocycles. The molecule has 0 fully saturated rings. The van der Waals surface area contributed by atoms with Gasteiger partial charge in [0, 0.05) is 17.3 Å². The molecule has 0 amide bonds. The van der Waals surface area contributed by atoms with E-state index in [1.54, 1.807) is 20.3 Å². The summed E-state index contributed by atoms with van der Waals surface area (Å²) in [6.45, 7) is 1.87. The topological polar surface area (TPSA) is 44.2 Å². The molecule has 0 bridgehead atoms. The summed E-state index contributed by atoms with van der Waals surface area (Å²) in [7, 11) is 3.22. The predicted molar refractivity (Wildman–Crippen MR) is 70.3 cm³/mol. The second-order valence-corrected chi connectivity index (χ2v) is 4.07. The lowest BCUT2D eigenvalue weighted by atomic mass is 10.1. The summed E-state index contributed by atoms with van der Waals surface area (Å²) in [6.07, 6.45) is 0. The van der Waals surface area contributed by atoms with E-state index in [0.717, 1.165) is 22.7 Å². The van der Waals surface area contributed by atoms with Gasteiger partial charge in [-0.1, -0.05) is 0 Å². The van der Waals surface area contributed by atoms with Crippen molar-refractivity contribution in [1.82, 2.24) is 9.97 Å². The third-order valence-corrected chi connectivity index (χ3v) is 2.68. The van der Waals surface area contributed by atoms with E-state index in [4.69, 9.17) is 21.1 Å². The molecule has 94 valence electrons. The van der Waals surface area contributed by atoms with Crippen LogP contribution in [0.4, 0.5) is 0 Å². The maximum atomic E-state index is 5.87. The zero-order chi connectivity index (χ0) is 13.1. The Labute approximate surface area is 111 Å². The number of hydrogen-bond donors (Lipinski definition) is 0. The quantitative estimate of drug-likeness (QED) is 0.799.